The number of amides is 2. The number of unbranched alkanes of at least 4 members (excludes halogenated alkanes) is 3. The Morgan fingerprint density at radius 1 is 0.719 bits per heavy atom. The number of halogens is 4. The zero-order chi connectivity index (χ0) is 44.6. The predicted octanol–water partition coefficient (Wildman–Crippen LogP) is 6.23. The Morgan fingerprint density at radius 3 is 1.33 bits per heavy atom. The smallest absolute Gasteiger partial charge is 0.305 e. The van der Waals surface area contributed by atoms with Gasteiger partial charge in [-0.2, -0.15) is 0 Å². The number of methoxy groups -OCH3 is 3. The summed E-state index contributed by atoms with van der Waals surface area (Å²) >= 11 is 5.07. The van der Waals surface area contributed by atoms with Crippen molar-refractivity contribution in [2.45, 2.75) is 156 Å². The number of rotatable bonds is 18. The molecule has 0 radical (unpaired) electrons. The summed E-state index contributed by atoms with van der Waals surface area (Å²) < 4.78 is 22.3. The van der Waals surface area contributed by atoms with Crippen molar-refractivity contribution in [2.24, 2.45) is 11.7 Å². The molecule has 0 bridgehead atoms. The number of hydrogen-bond donors (Lipinski definition) is 4. The van der Waals surface area contributed by atoms with Crippen molar-refractivity contribution in [3.8, 4) is 0 Å². The summed E-state index contributed by atoms with van der Waals surface area (Å²) in [6, 6.07) is 0.647. The fraction of sp³-hybridized carbons (Fsp3) is 0.778. The molecular weight excluding hydrogens is 856 g/mol. The molecule has 1 aliphatic carbocycles. The van der Waals surface area contributed by atoms with Crippen molar-refractivity contribution in [1.29, 1.82) is 0 Å². The molecule has 0 saturated heterocycles. The number of carboxylic acid groups (broad SMARTS) is 1. The Kier molecular flexibility index (Phi) is 53.6. The summed E-state index contributed by atoms with van der Waals surface area (Å²) in [6.07, 6.45) is 8.04. The van der Waals surface area contributed by atoms with Crippen LogP contribution in [0.5, 0.6) is 0 Å². The highest BCUT2D eigenvalue weighted by Crippen LogP contribution is 2.21. The van der Waals surface area contributed by atoms with E-state index in [1.54, 1.807) is 0 Å². The number of carbonyl (C=O) groups is 8. The highest BCUT2D eigenvalue weighted by molar-refractivity contribution is 8.26. The molecule has 0 aromatic rings. The molecule has 16 nitrogen and oxygen atoms in total. The van der Waals surface area contributed by atoms with E-state index < -0.39 is 15.2 Å². The lowest BCUT2D eigenvalue weighted by atomic mass is 10.1. The zero-order valence-corrected chi connectivity index (χ0v) is 38.7. The predicted molar refractivity (Wildman–Crippen MR) is 225 cm³/mol. The monoisotopic (exact) mass is 921 g/mol. The highest BCUT2D eigenvalue weighted by atomic mass is 36.0. The summed E-state index contributed by atoms with van der Waals surface area (Å²) in [5, 5.41) is 13.4. The summed E-state index contributed by atoms with van der Waals surface area (Å²) in [5.74, 6) is -1.86. The van der Waals surface area contributed by atoms with Crippen molar-refractivity contribution < 1.29 is 61.9 Å². The number of aliphatic carboxylic acids is 1. The van der Waals surface area contributed by atoms with Crippen molar-refractivity contribution in [1.82, 2.24) is 10.6 Å². The molecule has 57 heavy (non-hydrogen) atoms. The van der Waals surface area contributed by atoms with Gasteiger partial charge in [0.1, 0.15) is 5.78 Å². The molecule has 1 atom stereocenters. The van der Waals surface area contributed by atoms with E-state index in [4.69, 9.17) is 26.7 Å². The number of carboxylic acids is 1. The SMILES string of the molecule is CC(C)N.CC(C)NC(=O)C1CCCC1=O.COC(=O)CCCCC(=O)Cl.COC(=O)CCCCC(=O)NC(C)C.COC(=O)CCCCC(=O)O.Cl.O=S(Cl)Cl. The van der Waals surface area contributed by atoms with E-state index in [2.05, 4.69) is 46.2 Å². The maximum absolute atomic E-state index is 11.3. The van der Waals surface area contributed by atoms with Crippen molar-refractivity contribution in [2.75, 3.05) is 21.3 Å². The molecule has 1 aliphatic rings. The second kappa shape index (κ2) is 46.1. The van der Waals surface area contributed by atoms with E-state index in [1.807, 2.05) is 41.5 Å². The van der Waals surface area contributed by atoms with E-state index in [1.165, 1.54) is 21.3 Å². The first-order chi connectivity index (χ1) is 26.0. The Balaban J connectivity index is -0.000000142. The molecule has 1 rings (SSSR count). The average Bonchev–Trinajstić information content (AvgIpc) is 3.52. The summed E-state index contributed by atoms with van der Waals surface area (Å²) in [5.41, 5.74) is 5.11. The minimum atomic E-state index is -1.67. The first-order valence-electron chi connectivity index (χ1n) is 18.2. The molecule has 0 aromatic carbocycles. The van der Waals surface area contributed by atoms with Crippen LogP contribution >= 0.6 is 45.4 Å². The number of nitrogens with two attached hydrogens (primary N) is 1. The van der Waals surface area contributed by atoms with E-state index in [9.17, 15) is 38.4 Å². The minimum absolute atomic E-state index is 0. The van der Waals surface area contributed by atoms with Crippen LogP contribution in [0.15, 0.2) is 0 Å². The van der Waals surface area contributed by atoms with Crippen LogP contribution in [0.2, 0.25) is 0 Å². The molecule has 0 aromatic heterocycles. The molecule has 5 N–H and O–H groups in total. The van der Waals surface area contributed by atoms with Gasteiger partial charge in [0, 0.05) is 78.4 Å². The Hall–Kier alpha value is -2.57. The van der Waals surface area contributed by atoms with E-state index >= 15 is 0 Å². The molecule has 0 aliphatic heterocycles. The van der Waals surface area contributed by atoms with Gasteiger partial charge in [-0.05, 0) is 96.7 Å². The number of esters is 3. The maximum Gasteiger partial charge on any atom is 0.305 e. The van der Waals surface area contributed by atoms with Crippen LogP contribution in [0.4, 0.5) is 0 Å². The van der Waals surface area contributed by atoms with Gasteiger partial charge in [0.15, 0.2) is 0 Å². The van der Waals surface area contributed by atoms with Crippen LogP contribution in [0.3, 0.4) is 0 Å². The molecule has 1 saturated carbocycles. The third kappa shape index (κ3) is 65.6. The van der Waals surface area contributed by atoms with Crippen LogP contribution in [0.25, 0.3) is 0 Å². The quantitative estimate of drug-likeness (QED) is 0.0391. The number of hydrogen-bond acceptors (Lipinski definition) is 13. The number of nitrogens with one attached hydrogen (secondary N) is 2. The van der Waals surface area contributed by atoms with E-state index in [0.29, 0.717) is 76.7 Å². The fourth-order valence-electron chi connectivity index (χ4n) is 3.81. The lowest BCUT2D eigenvalue weighted by molar-refractivity contribution is -0.141. The second-order valence-corrected chi connectivity index (χ2v) is 15.8. The van der Waals surface area contributed by atoms with Crippen LogP contribution in [0, 0.1) is 5.92 Å². The normalized spacial score (nSPS) is 12.2. The topological polar surface area (TPSA) is 252 Å². The molecule has 1 unspecified atom stereocenters. The van der Waals surface area contributed by atoms with Crippen LogP contribution in [-0.2, 0) is 61.8 Å². The molecule has 1 fully saturated rings. The van der Waals surface area contributed by atoms with Gasteiger partial charge in [-0.1, -0.05) is 13.8 Å². The van der Waals surface area contributed by atoms with Crippen molar-refractivity contribution in [3.63, 3.8) is 0 Å². The number of ketones is 1. The van der Waals surface area contributed by atoms with Crippen molar-refractivity contribution >= 4 is 101 Å². The number of carbonyl (C=O) groups excluding carboxylic acids is 7. The van der Waals surface area contributed by atoms with Gasteiger partial charge in [0.05, 0.1) is 27.2 Å². The van der Waals surface area contributed by atoms with Gasteiger partial charge >= 0.3 is 23.9 Å². The summed E-state index contributed by atoms with van der Waals surface area (Å²) in [4.78, 5) is 85.5. The number of ether oxygens (including phenoxy) is 3. The third-order valence-corrected chi connectivity index (χ3v) is 6.43. The first kappa shape index (κ1) is 66.2. The Bertz CT molecular complexity index is 1110. The summed E-state index contributed by atoms with van der Waals surface area (Å²) in [7, 11) is 11.4. The molecule has 338 valence electrons. The van der Waals surface area contributed by atoms with Gasteiger partial charge < -0.3 is 35.7 Å². The van der Waals surface area contributed by atoms with Crippen LogP contribution in [-0.4, -0.2) is 95.5 Å². The van der Waals surface area contributed by atoms with Gasteiger partial charge in [-0.15, -0.1) is 12.4 Å². The van der Waals surface area contributed by atoms with Gasteiger partial charge in [-0.3, -0.25) is 38.4 Å². The molecular formula is C36H67Cl4N3O13S. The Morgan fingerprint density at radius 2 is 1.05 bits per heavy atom. The van der Waals surface area contributed by atoms with Crippen LogP contribution < -0.4 is 16.4 Å². The van der Waals surface area contributed by atoms with Gasteiger partial charge in [0.2, 0.25) is 26.3 Å². The first-order valence-corrected chi connectivity index (χ1v) is 21.4. The fourth-order valence-corrected chi connectivity index (χ4v) is 3.95. The lowest BCUT2D eigenvalue weighted by Crippen LogP contribution is -2.37. The lowest BCUT2D eigenvalue weighted by Gasteiger charge is -2.11. The van der Waals surface area contributed by atoms with Gasteiger partial charge in [0.25, 0.3) is 0 Å². The highest BCUT2D eigenvalue weighted by Gasteiger charge is 2.30. The average molecular weight is 924 g/mol. The van der Waals surface area contributed by atoms with E-state index in [-0.39, 0.29) is 77.6 Å². The molecule has 21 heteroatoms. The largest absolute Gasteiger partial charge is 0.481 e. The molecule has 0 heterocycles. The molecule has 2 amide bonds. The second-order valence-electron chi connectivity index (χ2n) is 12.8. The number of Topliss-reactive ketones (excluding diaryl/α,β-unsaturated/α-hetero) is 1. The minimum Gasteiger partial charge on any atom is -0.481 e. The van der Waals surface area contributed by atoms with Crippen LogP contribution in [0.1, 0.15) is 138 Å². The van der Waals surface area contributed by atoms with Gasteiger partial charge in [-0.25, -0.2) is 4.21 Å². The summed E-state index contributed by atoms with van der Waals surface area (Å²) in [6.45, 7) is 11.5. The zero-order valence-electron chi connectivity index (χ0n) is 34.8. The van der Waals surface area contributed by atoms with E-state index in [0.717, 1.165) is 19.3 Å². The molecule has 0 spiro atoms. The third-order valence-electron chi connectivity index (χ3n) is 6.25. The standard InChI is InChI=1S/C10H19NO3.C9H15NO2.C7H11ClO3.C7H12O4.C3H9N.Cl2OS.ClH/c1-8(2)11-9(12)6-4-5-7-10(13)14-3;1-6(2)10-9(12)7-4-3-5-8(7)11;2*1-11-7(10)5-3-2-4-6(8)9;1-3(2)4;1-4(2)3;/h8H,4-7H2,1-3H3,(H,11,12);6-7H,3-5H2,1-2H3,(H,10,12);2-5H2,1H3;2-5H2,1H3,(H,8,9);3H,4H2,1-2H3;;1H. The van der Waals surface area contributed by atoms with Crippen molar-refractivity contribution in [3.05, 3.63) is 0 Å². The Labute approximate surface area is 361 Å². The maximum atomic E-state index is 11.3.